The number of amides is 1. The number of rotatable bonds is 7. The van der Waals surface area contributed by atoms with Gasteiger partial charge in [0.1, 0.15) is 5.82 Å². The van der Waals surface area contributed by atoms with Crippen LogP contribution in [0.3, 0.4) is 0 Å². The van der Waals surface area contributed by atoms with E-state index in [1.165, 1.54) is 6.07 Å². The molecular formula is C18H15ClFN3O2S. The molecule has 1 aromatic heterocycles. The summed E-state index contributed by atoms with van der Waals surface area (Å²) in [7, 11) is 0. The molecule has 1 heterocycles. The Bertz CT molecular complexity index is 886. The molecule has 0 fully saturated rings. The number of nitrogens with one attached hydrogen (secondary N) is 1. The standard InChI is InChI=1S/C18H15ClFN3O2S/c19-14-7-5-13(6-8-14)17-22-23-18(25-17)26-11-16(24)21-10-9-12-3-1-2-4-15(12)20/h1-8H,9-11H2,(H,21,24). The Hall–Kier alpha value is -2.38. The number of carbonyl (C=O) groups is 1. The van der Waals surface area contributed by atoms with Crippen molar-refractivity contribution in [2.24, 2.45) is 0 Å². The monoisotopic (exact) mass is 391 g/mol. The van der Waals surface area contributed by atoms with Crippen LogP contribution in [0.2, 0.25) is 5.02 Å². The molecule has 134 valence electrons. The molecule has 2 aromatic carbocycles. The van der Waals surface area contributed by atoms with Crippen molar-refractivity contribution in [3.8, 4) is 11.5 Å². The molecule has 26 heavy (non-hydrogen) atoms. The van der Waals surface area contributed by atoms with Crippen molar-refractivity contribution in [1.29, 1.82) is 0 Å². The van der Waals surface area contributed by atoms with E-state index in [-0.39, 0.29) is 17.5 Å². The average Bonchev–Trinajstić information content (AvgIpc) is 3.11. The topological polar surface area (TPSA) is 68.0 Å². The molecule has 0 aliphatic rings. The third-order valence-corrected chi connectivity index (χ3v) is 4.57. The number of aromatic nitrogens is 2. The first-order valence-corrected chi connectivity index (χ1v) is 9.20. The Morgan fingerprint density at radius 3 is 2.69 bits per heavy atom. The van der Waals surface area contributed by atoms with Gasteiger partial charge in [0.2, 0.25) is 11.8 Å². The van der Waals surface area contributed by atoms with Gasteiger partial charge < -0.3 is 9.73 Å². The van der Waals surface area contributed by atoms with Crippen molar-refractivity contribution in [3.05, 3.63) is 64.9 Å². The first kappa shape index (κ1) is 18.4. The summed E-state index contributed by atoms with van der Waals surface area (Å²) in [4.78, 5) is 11.9. The minimum absolute atomic E-state index is 0.138. The quantitative estimate of drug-likeness (QED) is 0.617. The molecule has 0 radical (unpaired) electrons. The van der Waals surface area contributed by atoms with E-state index in [0.29, 0.717) is 34.7 Å². The van der Waals surface area contributed by atoms with Crippen LogP contribution in [0, 0.1) is 5.82 Å². The van der Waals surface area contributed by atoms with Crippen molar-refractivity contribution < 1.29 is 13.6 Å². The van der Waals surface area contributed by atoms with Gasteiger partial charge in [-0.05, 0) is 42.3 Å². The highest BCUT2D eigenvalue weighted by Crippen LogP contribution is 2.24. The molecule has 1 amide bonds. The molecule has 8 heteroatoms. The fourth-order valence-corrected chi connectivity index (χ4v) is 2.91. The number of carbonyl (C=O) groups excluding carboxylic acids is 1. The Balaban J connectivity index is 1.45. The summed E-state index contributed by atoms with van der Waals surface area (Å²) in [6, 6.07) is 13.5. The third-order valence-electron chi connectivity index (χ3n) is 3.50. The number of hydrogen-bond donors (Lipinski definition) is 1. The van der Waals surface area contributed by atoms with Gasteiger partial charge in [-0.3, -0.25) is 4.79 Å². The molecule has 0 unspecified atom stereocenters. The van der Waals surface area contributed by atoms with Crippen LogP contribution in [0.5, 0.6) is 0 Å². The van der Waals surface area contributed by atoms with E-state index in [0.717, 1.165) is 17.3 Å². The van der Waals surface area contributed by atoms with Gasteiger partial charge in [0.05, 0.1) is 5.75 Å². The molecular weight excluding hydrogens is 377 g/mol. The van der Waals surface area contributed by atoms with Crippen molar-refractivity contribution in [3.63, 3.8) is 0 Å². The lowest BCUT2D eigenvalue weighted by Gasteiger charge is -2.05. The summed E-state index contributed by atoms with van der Waals surface area (Å²) in [5.41, 5.74) is 1.33. The fraction of sp³-hybridized carbons (Fsp3) is 0.167. The van der Waals surface area contributed by atoms with Gasteiger partial charge in [-0.1, -0.05) is 41.6 Å². The zero-order valence-electron chi connectivity index (χ0n) is 13.6. The Morgan fingerprint density at radius 1 is 1.15 bits per heavy atom. The molecule has 5 nitrogen and oxygen atoms in total. The summed E-state index contributed by atoms with van der Waals surface area (Å²) in [6.07, 6.45) is 0.435. The number of benzene rings is 2. The lowest BCUT2D eigenvalue weighted by Crippen LogP contribution is -2.27. The van der Waals surface area contributed by atoms with E-state index in [2.05, 4.69) is 15.5 Å². The number of thioether (sulfide) groups is 1. The summed E-state index contributed by atoms with van der Waals surface area (Å²) in [6.45, 7) is 0.361. The van der Waals surface area contributed by atoms with E-state index in [1.807, 2.05) is 0 Å². The molecule has 0 atom stereocenters. The lowest BCUT2D eigenvalue weighted by molar-refractivity contribution is -0.118. The minimum Gasteiger partial charge on any atom is -0.411 e. The molecule has 1 N–H and O–H groups in total. The van der Waals surface area contributed by atoms with E-state index >= 15 is 0 Å². The number of hydrogen-bond acceptors (Lipinski definition) is 5. The molecule has 0 aliphatic heterocycles. The van der Waals surface area contributed by atoms with Gasteiger partial charge in [0.15, 0.2) is 0 Å². The highest BCUT2D eigenvalue weighted by molar-refractivity contribution is 7.99. The van der Waals surface area contributed by atoms with Crippen LogP contribution in [0.15, 0.2) is 58.2 Å². The largest absolute Gasteiger partial charge is 0.411 e. The highest BCUT2D eigenvalue weighted by Gasteiger charge is 2.11. The summed E-state index contributed by atoms with van der Waals surface area (Å²) < 4.78 is 19.0. The van der Waals surface area contributed by atoms with Crippen molar-refractivity contribution in [1.82, 2.24) is 15.5 Å². The second-order valence-electron chi connectivity index (χ2n) is 5.36. The van der Waals surface area contributed by atoms with E-state index in [4.69, 9.17) is 16.0 Å². The highest BCUT2D eigenvalue weighted by atomic mass is 35.5. The van der Waals surface area contributed by atoms with Crippen LogP contribution in [-0.4, -0.2) is 28.4 Å². The number of halogens is 2. The van der Waals surface area contributed by atoms with Gasteiger partial charge in [0, 0.05) is 17.1 Å². The summed E-state index contributed by atoms with van der Waals surface area (Å²) in [5.74, 6) is 0.0536. The Morgan fingerprint density at radius 2 is 1.92 bits per heavy atom. The van der Waals surface area contributed by atoms with E-state index < -0.39 is 0 Å². The zero-order valence-corrected chi connectivity index (χ0v) is 15.2. The van der Waals surface area contributed by atoms with E-state index in [9.17, 15) is 9.18 Å². The molecule has 0 spiro atoms. The summed E-state index contributed by atoms with van der Waals surface area (Å²) >= 11 is 6.99. The van der Waals surface area contributed by atoms with Gasteiger partial charge in [-0.2, -0.15) is 0 Å². The van der Waals surface area contributed by atoms with Crippen LogP contribution in [0.1, 0.15) is 5.56 Å². The molecule has 0 aliphatic carbocycles. The zero-order chi connectivity index (χ0) is 18.4. The smallest absolute Gasteiger partial charge is 0.277 e. The second-order valence-corrected chi connectivity index (χ2v) is 6.72. The van der Waals surface area contributed by atoms with Crippen molar-refractivity contribution >= 4 is 29.3 Å². The van der Waals surface area contributed by atoms with Crippen LogP contribution >= 0.6 is 23.4 Å². The third kappa shape index (κ3) is 5.06. The van der Waals surface area contributed by atoms with Crippen LogP contribution in [0.25, 0.3) is 11.5 Å². The lowest BCUT2D eigenvalue weighted by atomic mass is 10.1. The van der Waals surface area contributed by atoms with Gasteiger partial charge >= 0.3 is 0 Å². The molecule has 0 saturated heterocycles. The molecule has 3 aromatic rings. The minimum atomic E-state index is -0.267. The Kier molecular flexibility index (Phi) is 6.25. The SMILES string of the molecule is O=C(CSc1nnc(-c2ccc(Cl)cc2)o1)NCCc1ccccc1F. The molecule has 0 bridgehead atoms. The van der Waals surface area contributed by atoms with Gasteiger partial charge in [0.25, 0.3) is 5.22 Å². The first-order chi connectivity index (χ1) is 12.6. The van der Waals surface area contributed by atoms with E-state index in [1.54, 1.807) is 42.5 Å². The average molecular weight is 392 g/mol. The maximum absolute atomic E-state index is 13.5. The van der Waals surface area contributed by atoms with Crippen LogP contribution in [0.4, 0.5) is 4.39 Å². The Labute approximate surface area is 159 Å². The first-order valence-electron chi connectivity index (χ1n) is 7.84. The predicted octanol–water partition coefficient (Wildman–Crippen LogP) is 3.98. The van der Waals surface area contributed by atoms with Crippen LogP contribution in [-0.2, 0) is 11.2 Å². The fourth-order valence-electron chi connectivity index (χ4n) is 2.19. The molecule has 0 saturated carbocycles. The maximum Gasteiger partial charge on any atom is 0.277 e. The van der Waals surface area contributed by atoms with Gasteiger partial charge in [-0.25, -0.2) is 4.39 Å². The van der Waals surface area contributed by atoms with Crippen LogP contribution < -0.4 is 5.32 Å². The predicted molar refractivity (Wildman–Crippen MR) is 98.6 cm³/mol. The van der Waals surface area contributed by atoms with Gasteiger partial charge in [-0.15, -0.1) is 10.2 Å². The molecule has 3 rings (SSSR count). The van der Waals surface area contributed by atoms with Crippen molar-refractivity contribution in [2.75, 3.05) is 12.3 Å². The number of nitrogens with zero attached hydrogens (tertiary/aromatic N) is 2. The summed E-state index contributed by atoms with van der Waals surface area (Å²) in [5, 5.41) is 11.5. The van der Waals surface area contributed by atoms with Crippen molar-refractivity contribution in [2.45, 2.75) is 11.6 Å². The normalized spacial score (nSPS) is 10.7. The maximum atomic E-state index is 13.5. The second kappa shape index (κ2) is 8.82.